The molecule has 6 aromatic rings. The molecule has 0 fully saturated rings. The Kier molecular flexibility index (Phi) is 3.20. The van der Waals surface area contributed by atoms with Crippen molar-refractivity contribution < 1.29 is 0 Å². The van der Waals surface area contributed by atoms with Crippen LogP contribution in [0.5, 0.6) is 0 Å². The maximum absolute atomic E-state index is 4.89. The summed E-state index contributed by atoms with van der Waals surface area (Å²) >= 11 is 0. The zero-order valence-corrected chi connectivity index (χ0v) is 15.1. The van der Waals surface area contributed by atoms with Gasteiger partial charge in [0.15, 0.2) is 5.82 Å². The van der Waals surface area contributed by atoms with E-state index in [9.17, 15) is 0 Å². The zero-order chi connectivity index (χ0) is 18.5. The van der Waals surface area contributed by atoms with Gasteiger partial charge in [0, 0.05) is 16.3 Å². The predicted molar refractivity (Wildman–Crippen MR) is 117 cm³/mol. The van der Waals surface area contributed by atoms with Gasteiger partial charge in [0.2, 0.25) is 0 Å². The Balaban J connectivity index is 1.71. The maximum Gasteiger partial charge on any atom is 0.160 e. The molecule has 0 atom stereocenters. The molecule has 0 saturated carbocycles. The second-order valence-corrected chi connectivity index (χ2v) is 7.08. The van der Waals surface area contributed by atoms with Gasteiger partial charge in [-0.3, -0.25) is 0 Å². The molecule has 0 radical (unpaired) electrons. The van der Waals surface area contributed by atoms with Crippen LogP contribution in [0.3, 0.4) is 0 Å². The summed E-state index contributed by atoms with van der Waals surface area (Å²) in [6.07, 6.45) is 0. The van der Waals surface area contributed by atoms with E-state index in [0.29, 0.717) is 0 Å². The average molecular weight is 356 g/mol. The number of aromatic nitrogens is 2. The van der Waals surface area contributed by atoms with Crippen molar-refractivity contribution >= 4 is 32.6 Å². The Morgan fingerprint density at radius 1 is 0.464 bits per heavy atom. The summed E-state index contributed by atoms with van der Waals surface area (Å²) in [6, 6.07) is 33.8. The van der Waals surface area contributed by atoms with Crippen molar-refractivity contribution in [1.82, 2.24) is 9.97 Å². The lowest BCUT2D eigenvalue weighted by molar-refractivity contribution is 1.26. The molecule has 1 heterocycles. The van der Waals surface area contributed by atoms with Crippen LogP contribution in [-0.4, -0.2) is 9.97 Å². The third-order valence-corrected chi connectivity index (χ3v) is 5.44. The smallest absolute Gasteiger partial charge is 0.160 e. The predicted octanol–water partition coefficient (Wildman–Crippen LogP) is 6.71. The lowest BCUT2D eigenvalue weighted by Crippen LogP contribution is -1.94. The van der Waals surface area contributed by atoms with E-state index in [1.54, 1.807) is 0 Å². The van der Waals surface area contributed by atoms with E-state index in [-0.39, 0.29) is 0 Å². The molecule has 0 aliphatic carbocycles. The van der Waals surface area contributed by atoms with Crippen molar-refractivity contribution in [3.63, 3.8) is 0 Å². The van der Waals surface area contributed by atoms with E-state index in [1.807, 2.05) is 18.2 Å². The first-order valence-electron chi connectivity index (χ1n) is 9.45. The maximum atomic E-state index is 4.89. The molecular formula is C26H16N2. The van der Waals surface area contributed by atoms with E-state index in [1.165, 1.54) is 27.3 Å². The van der Waals surface area contributed by atoms with Crippen molar-refractivity contribution in [3.8, 4) is 22.5 Å². The Bertz CT molecular complexity index is 1420. The molecule has 28 heavy (non-hydrogen) atoms. The van der Waals surface area contributed by atoms with E-state index in [0.717, 1.165) is 27.8 Å². The Morgan fingerprint density at radius 2 is 1.07 bits per heavy atom. The molecule has 130 valence electrons. The third kappa shape index (κ3) is 2.21. The first-order valence-corrected chi connectivity index (χ1v) is 9.45. The van der Waals surface area contributed by atoms with Crippen molar-refractivity contribution in [2.45, 2.75) is 0 Å². The highest BCUT2D eigenvalue weighted by Crippen LogP contribution is 2.38. The minimum atomic E-state index is 0.773. The van der Waals surface area contributed by atoms with Crippen molar-refractivity contribution in [3.05, 3.63) is 97.1 Å². The van der Waals surface area contributed by atoms with Gasteiger partial charge in [-0.2, -0.15) is 0 Å². The molecule has 5 aromatic carbocycles. The molecular weight excluding hydrogens is 340 g/mol. The van der Waals surface area contributed by atoms with Crippen LogP contribution < -0.4 is 0 Å². The van der Waals surface area contributed by atoms with Crippen LogP contribution in [0.25, 0.3) is 55.1 Å². The first kappa shape index (κ1) is 15.3. The summed E-state index contributed by atoms with van der Waals surface area (Å²) in [6.45, 7) is 0. The number of rotatable bonds is 2. The van der Waals surface area contributed by atoms with Crippen molar-refractivity contribution in [2.75, 3.05) is 0 Å². The van der Waals surface area contributed by atoms with E-state index in [2.05, 4.69) is 78.9 Å². The van der Waals surface area contributed by atoms with Crippen LogP contribution in [0.15, 0.2) is 97.1 Å². The fourth-order valence-electron chi connectivity index (χ4n) is 4.14. The summed E-state index contributed by atoms with van der Waals surface area (Å²) in [5.74, 6) is 0.773. The highest BCUT2D eigenvalue weighted by atomic mass is 14.9. The quantitative estimate of drug-likeness (QED) is 0.322. The monoisotopic (exact) mass is 356 g/mol. The summed E-state index contributed by atoms with van der Waals surface area (Å²) in [4.78, 5) is 9.78. The molecule has 2 heteroatoms. The van der Waals surface area contributed by atoms with Gasteiger partial charge >= 0.3 is 0 Å². The molecule has 0 spiro atoms. The van der Waals surface area contributed by atoms with Gasteiger partial charge in [-0.05, 0) is 34.0 Å². The van der Waals surface area contributed by atoms with E-state index < -0.39 is 0 Å². The zero-order valence-electron chi connectivity index (χ0n) is 15.1. The van der Waals surface area contributed by atoms with Gasteiger partial charge in [-0.15, -0.1) is 0 Å². The molecule has 0 aliphatic heterocycles. The fourth-order valence-corrected chi connectivity index (χ4v) is 4.14. The number of hydrogen-bond acceptors (Lipinski definition) is 2. The van der Waals surface area contributed by atoms with Crippen LogP contribution >= 0.6 is 0 Å². The van der Waals surface area contributed by atoms with Crippen LogP contribution in [0.2, 0.25) is 0 Å². The van der Waals surface area contributed by atoms with Crippen LogP contribution in [-0.2, 0) is 0 Å². The van der Waals surface area contributed by atoms with Gasteiger partial charge in [0.25, 0.3) is 0 Å². The van der Waals surface area contributed by atoms with Gasteiger partial charge < -0.3 is 0 Å². The standard InChI is InChI=1S/C26H16N2/c1-3-7-17(8-4-1)20-13-11-18-12-15-22-25-23(16-14-21(20)24(18)25)28-26(27-22)19-9-5-2-6-10-19/h1-16H. The fraction of sp³-hybridized carbons (Fsp3) is 0. The number of hydrogen-bond donors (Lipinski definition) is 0. The van der Waals surface area contributed by atoms with Crippen LogP contribution in [0.1, 0.15) is 0 Å². The van der Waals surface area contributed by atoms with Crippen molar-refractivity contribution in [2.24, 2.45) is 0 Å². The van der Waals surface area contributed by atoms with Gasteiger partial charge in [0.1, 0.15) is 0 Å². The normalized spacial score (nSPS) is 11.6. The highest BCUT2D eigenvalue weighted by Gasteiger charge is 2.14. The molecule has 0 N–H and O–H groups in total. The summed E-state index contributed by atoms with van der Waals surface area (Å²) in [5, 5.41) is 4.87. The largest absolute Gasteiger partial charge is 0.228 e. The second kappa shape index (κ2) is 5.86. The minimum absolute atomic E-state index is 0.773. The summed E-state index contributed by atoms with van der Waals surface area (Å²) < 4.78 is 0. The highest BCUT2D eigenvalue weighted by molar-refractivity contribution is 6.24. The first-order chi connectivity index (χ1) is 13.9. The third-order valence-electron chi connectivity index (χ3n) is 5.44. The molecule has 0 bridgehead atoms. The lowest BCUT2D eigenvalue weighted by Gasteiger charge is -2.14. The molecule has 0 amide bonds. The summed E-state index contributed by atoms with van der Waals surface area (Å²) in [5.41, 5.74) is 5.50. The van der Waals surface area contributed by atoms with Crippen LogP contribution in [0, 0.1) is 0 Å². The number of nitrogens with zero attached hydrogens (tertiary/aromatic N) is 2. The summed E-state index contributed by atoms with van der Waals surface area (Å²) in [7, 11) is 0. The Hall–Kier alpha value is -3.78. The minimum Gasteiger partial charge on any atom is -0.228 e. The Morgan fingerprint density at radius 3 is 1.79 bits per heavy atom. The van der Waals surface area contributed by atoms with E-state index in [4.69, 9.17) is 9.97 Å². The Labute approximate surface area is 162 Å². The molecule has 0 aliphatic rings. The van der Waals surface area contributed by atoms with Gasteiger partial charge in [0.05, 0.1) is 11.0 Å². The SMILES string of the molecule is c1ccc(-c2nc3ccc4ccc(-c5ccccc5)c5ccc(n2)c3c45)cc1. The topological polar surface area (TPSA) is 25.8 Å². The lowest BCUT2D eigenvalue weighted by atomic mass is 9.92. The van der Waals surface area contributed by atoms with Gasteiger partial charge in [-0.1, -0.05) is 84.9 Å². The second-order valence-electron chi connectivity index (χ2n) is 7.08. The average Bonchev–Trinajstić information content (AvgIpc) is 2.78. The molecule has 1 aromatic heterocycles. The molecule has 6 rings (SSSR count). The van der Waals surface area contributed by atoms with Crippen molar-refractivity contribution in [1.29, 1.82) is 0 Å². The molecule has 0 saturated heterocycles. The van der Waals surface area contributed by atoms with Crippen LogP contribution in [0.4, 0.5) is 0 Å². The number of benzene rings is 5. The van der Waals surface area contributed by atoms with E-state index >= 15 is 0 Å². The molecule has 2 nitrogen and oxygen atoms in total. The molecule has 0 unspecified atom stereocenters. The van der Waals surface area contributed by atoms with Gasteiger partial charge in [-0.25, -0.2) is 9.97 Å².